The normalized spacial score (nSPS) is 15.2. The maximum Gasteiger partial charge on any atom is 0.354 e. The molecule has 1 amide bonds. The summed E-state index contributed by atoms with van der Waals surface area (Å²) < 4.78 is 20.1. The number of nitrogens with zero attached hydrogens (tertiary/aromatic N) is 5. The van der Waals surface area contributed by atoms with Gasteiger partial charge in [-0.2, -0.15) is 4.98 Å². The van der Waals surface area contributed by atoms with E-state index in [2.05, 4.69) is 0 Å². The fraction of sp³-hybridized carbons (Fsp3) is 0.341. The number of carbonyl (C=O) groups excluding carboxylic acids is 2. The zero-order valence-corrected chi connectivity index (χ0v) is 31.3. The van der Waals surface area contributed by atoms with Gasteiger partial charge in [-0.3, -0.25) is 14.3 Å². The van der Waals surface area contributed by atoms with E-state index in [1.165, 1.54) is 0 Å². The number of ether oxygens (including phenoxy) is 3. The van der Waals surface area contributed by atoms with Crippen molar-refractivity contribution in [1.82, 2.24) is 19.4 Å². The summed E-state index contributed by atoms with van der Waals surface area (Å²) in [6.45, 7) is 9.46. The Labute approximate surface area is 313 Å². The number of aromatic nitrogens is 3. The summed E-state index contributed by atoms with van der Waals surface area (Å²) in [4.78, 5) is 55.2. The van der Waals surface area contributed by atoms with Crippen molar-refractivity contribution in [1.29, 1.82) is 0 Å². The van der Waals surface area contributed by atoms with Crippen molar-refractivity contribution in [2.45, 2.75) is 59.3 Å². The van der Waals surface area contributed by atoms with Crippen LogP contribution in [0, 0.1) is 6.92 Å². The number of methoxy groups -OCH3 is 1. The van der Waals surface area contributed by atoms with Gasteiger partial charge in [0.05, 0.1) is 24.1 Å². The van der Waals surface area contributed by atoms with Crippen LogP contribution in [0.3, 0.4) is 0 Å². The third-order valence-corrected chi connectivity index (χ3v) is 10.2. The number of aryl methyl sites for hydroxylation is 1. The zero-order valence-electron chi connectivity index (χ0n) is 30.5. The molecule has 5 aromatic rings. The average Bonchev–Trinajstić information content (AvgIpc) is 3.16. The lowest BCUT2D eigenvalue weighted by Gasteiger charge is -2.41. The zero-order chi connectivity index (χ0) is 37.4. The van der Waals surface area contributed by atoms with E-state index in [0.717, 1.165) is 22.4 Å². The van der Waals surface area contributed by atoms with Crippen LogP contribution in [0.4, 0.5) is 5.82 Å². The molecular weight excluding hydrogens is 694 g/mol. The van der Waals surface area contributed by atoms with Gasteiger partial charge in [0.15, 0.2) is 5.75 Å². The number of anilines is 1. The molecule has 2 aromatic heterocycles. The third kappa shape index (κ3) is 6.58. The highest BCUT2D eigenvalue weighted by molar-refractivity contribution is 6.19. The number of piperazine rings is 1. The largest absolute Gasteiger partial charge is 0.496 e. The molecule has 0 saturated carbocycles. The second kappa shape index (κ2) is 14.9. The molecule has 0 N–H and O–H groups in total. The van der Waals surface area contributed by atoms with E-state index in [4.69, 9.17) is 35.8 Å². The number of halogens is 1. The average molecular weight is 736 g/mol. The predicted octanol–water partition coefficient (Wildman–Crippen LogP) is 6.80. The van der Waals surface area contributed by atoms with Crippen LogP contribution in [-0.2, 0) is 22.7 Å². The van der Waals surface area contributed by atoms with Crippen molar-refractivity contribution in [3.63, 3.8) is 0 Å². The quantitative estimate of drug-likeness (QED) is 0.119. The number of esters is 1. The standard InChI is InChI=1S/C41H42ClN5O6/c1-24(2)35-36(25(3)15-17-43-35)47-37-30(39(44-41(47)50)46-19-18-45(21-26(46)4)32(48)14-16-42)20-29(40(49)53-22-27-10-7-6-8-11-27)34-33-28(23-52-38(34)37)12-9-13-31(33)51-5/h6-13,15,17,20,24,26H,14,16,18-19,21-23H2,1-5H3/t26-/m0/s1. The van der Waals surface area contributed by atoms with Crippen LogP contribution in [0.15, 0.2) is 71.7 Å². The van der Waals surface area contributed by atoms with Crippen molar-refractivity contribution in [2.75, 3.05) is 37.5 Å². The van der Waals surface area contributed by atoms with E-state index < -0.39 is 11.7 Å². The number of amides is 1. The van der Waals surface area contributed by atoms with Crippen LogP contribution in [0.25, 0.3) is 27.7 Å². The molecule has 53 heavy (non-hydrogen) atoms. The molecule has 0 spiro atoms. The van der Waals surface area contributed by atoms with Crippen molar-refractivity contribution in [3.05, 3.63) is 105 Å². The molecule has 7 rings (SSSR count). The van der Waals surface area contributed by atoms with E-state index in [0.29, 0.717) is 64.7 Å². The molecule has 11 nitrogen and oxygen atoms in total. The Morgan fingerprint density at radius 2 is 1.85 bits per heavy atom. The number of fused-ring (bicyclic) bond motifs is 5. The van der Waals surface area contributed by atoms with Gasteiger partial charge in [0.1, 0.15) is 30.3 Å². The van der Waals surface area contributed by atoms with Crippen molar-refractivity contribution in [2.24, 2.45) is 0 Å². The van der Waals surface area contributed by atoms with E-state index in [1.54, 1.807) is 28.8 Å². The maximum absolute atomic E-state index is 14.7. The molecule has 1 atom stereocenters. The molecule has 2 aliphatic heterocycles. The molecule has 12 heteroatoms. The molecule has 1 fully saturated rings. The van der Waals surface area contributed by atoms with Crippen LogP contribution < -0.4 is 20.1 Å². The lowest BCUT2D eigenvalue weighted by atomic mass is 9.90. The Morgan fingerprint density at radius 3 is 2.57 bits per heavy atom. The lowest BCUT2D eigenvalue weighted by molar-refractivity contribution is -0.131. The van der Waals surface area contributed by atoms with Crippen molar-refractivity contribution in [3.8, 4) is 28.3 Å². The van der Waals surface area contributed by atoms with Crippen molar-refractivity contribution >= 4 is 40.2 Å². The summed E-state index contributed by atoms with van der Waals surface area (Å²) in [5.74, 6) is 0.906. The first-order valence-corrected chi connectivity index (χ1v) is 18.4. The second-order valence-electron chi connectivity index (χ2n) is 13.8. The third-order valence-electron chi connectivity index (χ3n) is 9.99. The Bertz CT molecular complexity index is 2260. The molecular formula is C41H42ClN5O6. The molecule has 1 saturated heterocycles. The van der Waals surface area contributed by atoms with Gasteiger partial charge in [-0.25, -0.2) is 9.59 Å². The van der Waals surface area contributed by atoms with E-state index in [-0.39, 0.29) is 48.9 Å². The summed E-state index contributed by atoms with van der Waals surface area (Å²) in [7, 11) is 1.59. The fourth-order valence-corrected chi connectivity index (χ4v) is 7.60. The second-order valence-corrected chi connectivity index (χ2v) is 14.1. The summed E-state index contributed by atoms with van der Waals surface area (Å²) in [6.07, 6.45) is 1.99. The number of rotatable bonds is 9. The van der Waals surface area contributed by atoms with Gasteiger partial charge in [-0.1, -0.05) is 56.3 Å². The molecule has 274 valence electrons. The number of hydrogen-bond acceptors (Lipinski definition) is 9. The maximum atomic E-state index is 14.7. The molecule has 0 aliphatic carbocycles. The number of pyridine rings is 1. The predicted molar refractivity (Wildman–Crippen MR) is 205 cm³/mol. The minimum absolute atomic E-state index is 0.0217. The minimum Gasteiger partial charge on any atom is -0.496 e. The van der Waals surface area contributed by atoms with Crippen LogP contribution in [0.2, 0.25) is 0 Å². The van der Waals surface area contributed by atoms with Crippen LogP contribution in [-0.4, -0.2) is 70.0 Å². The summed E-state index contributed by atoms with van der Waals surface area (Å²) in [6, 6.07) is 18.6. The molecule has 0 bridgehead atoms. The smallest absolute Gasteiger partial charge is 0.354 e. The first-order chi connectivity index (χ1) is 25.6. The SMILES string of the molecule is COc1cccc2c1-c1c(C(=O)OCc3ccccc3)cc3c(N4CCN(C(=O)CCCl)C[C@@H]4C)nc(=O)n(-c4c(C)ccnc4C(C)C)c3c1OC2. The molecule has 3 aromatic carbocycles. The summed E-state index contributed by atoms with van der Waals surface area (Å²) in [5, 5.41) is 0.527. The monoisotopic (exact) mass is 735 g/mol. The van der Waals surface area contributed by atoms with Gasteiger partial charge in [0, 0.05) is 66.3 Å². The van der Waals surface area contributed by atoms with Gasteiger partial charge in [-0.05, 0) is 49.1 Å². The Balaban J connectivity index is 1.54. The Hall–Kier alpha value is -5.42. The number of alkyl halides is 1. The fourth-order valence-electron chi connectivity index (χ4n) is 7.44. The summed E-state index contributed by atoms with van der Waals surface area (Å²) in [5.41, 5.74) is 5.16. The minimum atomic E-state index is -0.567. The first kappa shape index (κ1) is 36.0. The Kier molecular flexibility index (Phi) is 10.1. The van der Waals surface area contributed by atoms with Gasteiger partial charge in [-0.15, -0.1) is 11.6 Å². The number of hydrogen-bond donors (Lipinski definition) is 0. The van der Waals surface area contributed by atoms with Crippen LogP contribution >= 0.6 is 11.6 Å². The number of benzene rings is 3. The highest BCUT2D eigenvalue weighted by Gasteiger charge is 2.36. The highest BCUT2D eigenvalue weighted by Crippen LogP contribution is 2.50. The van der Waals surface area contributed by atoms with Gasteiger partial charge in [0.25, 0.3) is 0 Å². The molecule has 4 heterocycles. The summed E-state index contributed by atoms with van der Waals surface area (Å²) >= 11 is 5.91. The lowest BCUT2D eigenvalue weighted by Crippen LogP contribution is -2.54. The van der Waals surface area contributed by atoms with Gasteiger partial charge >= 0.3 is 11.7 Å². The molecule has 0 unspecified atom stereocenters. The molecule has 2 aliphatic rings. The Morgan fingerprint density at radius 1 is 1.06 bits per heavy atom. The first-order valence-electron chi connectivity index (χ1n) is 17.8. The van der Waals surface area contributed by atoms with E-state index >= 15 is 0 Å². The van der Waals surface area contributed by atoms with Crippen LogP contribution in [0.5, 0.6) is 11.5 Å². The van der Waals surface area contributed by atoms with Gasteiger partial charge < -0.3 is 24.0 Å². The van der Waals surface area contributed by atoms with Gasteiger partial charge in [0.2, 0.25) is 5.91 Å². The van der Waals surface area contributed by atoms with E-state index in [9.17, 15) is 14.4 Å². The number of carbonyl (C=O) groups is 2. The van der Waals surface area contributed by atoms with Crippen molar-refractivity contribution < 1.29 is 23.8 Å². The highest BCUT2D eigenvalue weighted by atomic mass is 35.5. The van der Waals surface area contributed by atoms with E-state index in [1.807, 2.05) is 87.2 Å². The topological polar surface area (TPSA) is 116 Å². The van der Waals surface area contributed by atoms with Crippen LogP contribution in [0.1, 0.15) is 65.9 Å². The molecule has 0 radical (unpaired) electrons.